The normalized spacial score (nSPS) is 14.2. The Morgan fingerprint density at radius 1 is 0.926 bits per heavy atom. The number of imide groups is 1. The van der Waals surface area contributed by atoms with Gasteiger partial charge in [0.15, 0.2) is 0 Å². The first-order valence-electron chi connectivity index (χ1n) is 7.99. The lowest BCUT2D eigenvalue weighted by Crippen LogP contribution is -2.32. The van der Waals surface area contributed by atoms with Crippen LogP contribution in [0.2, 0.25) is 0 Å². The van der Waals surface area contributed by atoms with E-state index in [4.69, 9.17) is 0 Å². The Kier molecular flexibility index (Phi) is 4.63. The minimum atomic E-state index is -0.449. The summed E-state index contributed by atoms with van der Waals surface area (Å²) in [6.45, 7) is 0. The van der Waals surface area contributed by atoms with Crippen LogP contribution in [0.25, 0.3) is 5.57 Å². The molecule has 2 heterocycles. The lowest BCUT2D eigenvalue weighted by Gasteiger charge is -2.15. The lowest BCUT2D eigenvalue weighted by molar-refractivity contribution is -0.120. The first kappa shape index (κ1) is 17.6. The molecule has 0 unspecified atom stereocenters. The van der Waals surface area contributed by atoms with Crippen molar-refractivity contribution in [3.63, 3.8) is 0 Å². The van der Waals surface area contributed by atoms with Crippen molar-refractivity contribution < 1.29 is 14.0 Å². The van der Waals surface area contributed by atoms with Gasteiger partial charge in [-0.2, -0.15) is 0 Å². The zero-order valence-electron chi connectivity index (χ0n) is 13.8. The molecule has 3 aromatic rings. The standard InChI is InChI=1S/C20H12BrFN2O2S/c21-12-3-9-15(10-4-12)24-19(25)17(16-2-1-11-27-16)18(20(24)26)23-14-7-5-13(22)6-8-14/h1-11,23H. The van der Waals surface area contributed by atoms with Gasteiger partial charge in [0, 0.05) is 15.0 Å². The fourth-order valence-electron chi connectivity index (χ4n) is 2.80. The summed E-state index contributed by atoms with van der Waals surface area (Å²) in [6.07, 6.45) is 0. The number of benzene rings is 2. The quantitative estimate of drug-likeness (QED) is 0.575. The minimum Gasteiger partial charge on any atom is -0.350 e. The second kappa shape index (κ2) is 7.09. The van der Waals surface area contributed by atoms with Crippen LogP contribution in [0.5, 0.6) is 0 Å². The van der Waals surface area contributed by atoms with Gasteiger partial charge < -0.3 is 5.32 Å². The van der Waals surface area contributed by atoms with E-state index in [1.807, 2.05) is 11.4 Å². The molecule has 0 fully saturated rings. The van der Waals surface area contributed by atoms with E-state index in [1.165, 1.54) is 35.6 Å². The molecule has 1 N–H and O–H groups in total. The maximum Gasteiger partial charge on any atom is 0.282 e. The molecule has 0 saturated carbocycles. The van der Waals surface area contributed by atoms with Gasteiger partial charge in [0.1, 0.15) is 11.5 Å². The number of carbonyl (C=O) groups excluding carboxylic acids is 2. The molecule has 7 heteroatoms. The maximum atomic E-state index is 13.2. The topological polar surface area (TPSA) is 49.4 Å². The third kappa shape index (κ3) is 3.31. The average molecular weight is 443 g/mol. The van der Waals surface area contributed by atoms with Crippen molar-refractivity contribution in [2.75, 3.05) is 10.2 Å². The van der Waals surface area contributed by atoms with E-state index in [0.29, 0.717) is 21.8 Å². The van der Waals surface area contributed by atoms with Crippen LogP contribution in [0.3, 0.4) is 0 Å². The number of halogens is 2. The van der Waals surface area contributed by atoms with Gasteiger partial charge in [-0.25, -0.2) is 9.29 Å². The lowest BCUT2D eigenvalue weighted by atomic mass is 10.2. The van der Waals surface area contributed by atoms with Gasteiger partial charge in [0.25, 0.3) is 11.8 Å². The monoisotopic (exact) mass is 442 g/mol. The first-order valence-corrected chi connectivity index (χ1v) is 9.67. The number of hydrogen-bond acceptors (Lipinski definition) is 4. The van der Waals surface area contributed by atoms with Crippen molar-refractivity contribution in [3.8, 4) is 0 Å². The van der Waals surface area contributed by atoms with E-state index in [2.05, 4.69) is 21.2 Å². The Morgan fingerprint density at radius 2 is 1.63 bits per heavy atom. The summed E-state index contributed by atoms with van der Waals surface area (Å²) < 4.78 is 14.0. The second-order valence-corrected chi connectivity index (χ2v) is 7.64. The molecule has 0 radical (unpaired) electrons. The molecule has 0 spiro atoms. The summed E-state index contributed by atoms with van der Waals surface area (Å²) >= 11 is 4.73. The molecule has 2 aromatic carbocycles. The summed E-state index contributed by atoms with van der Waals surface area (Å²) in [5.74, 6) is -1.22. The summed E-state index contributed by atoms with van der Waals surface area (Å²) in [7, 11) is 0. The molecule has 1 aliphatic heterocycles. The molecule has 0 saturated heterocycles. The minimum absolute atomic E-state index is 0.178. The van der Waals surface area contributed by atoms with Crippen LogP contribution in [0, 0.1) is 5.82 Å². The first-order chi connectivity index (χ1) is 13.0. The largest absolute Gasteiger partial charge is 0.350 e. The molecule has 4 rings (SSSR count). The number of nitrogens with zero attached hydrogens (tertiary/aromatic N) is 1. The van der Waals surface area contributed by atoms with Crippen LogP contribution in [0.1, 0.15) is 4.88 Å². The van der Waals surface area contributed by atoms with E-state index < -0.39 is 11.8 Å². The van der Waals surface area contributed by atoms with Crippen LogP contribution in [0.15, 0.2) is 76.2 Å². The number of amides is 2. The maximum absolute atomic E-state index is 13.2. The Balaban J connectivity index is 1.78. The fraction of sp³-hybridized carbons (Fsp3) is 0. The van der Waals surface area contributed by atoms with Crippen LogP contribution in [0.4, 0.5) is 15.8 Å². The van der Waals surface area contributed by atoms with Crippen molar-refractivity contribution in [3.05, 3.63) is 86.9 Å². The fourth-order valence-corrected chi connectivity index (χ4v) is 3.83. The third-order valence-electron chi connectivity index (χ3n) is 4.05. The zero-order chi connectivity index (χ0) is 19.0. The Morgan fingerprint density at radius 3 is 2.26 bits per heavy atom. The predicted octanol–water partition coefficient (Wildman–Crippen LogP) is 5.05. The molecule has 4 nitrogen and oxygen atoms in total. The predicted molar refractivity (Wildman–Crippen MR) is 108 cm³/mol. The van der Waals surface area contributed by atoms with Gasteiger partial charge in [-0.1, -0.05) is 22.0 Å². The summed E-state index contributed by atoms with van der Waals surface area (Å²) in [4.78, 5) is 28.0. The molecular formula is C20H12BrFN2O2S. The van der Waals surface area contributed by atoms with Crippen molar-refractivity contribution in [1.29, 1.82) is 0 Å². The van der Waals surface area contributed by atoms with Crippen LogP contribution >= 0.6 is 27.3 Å². The van der Waals surface area contributed by atoms with Gasteiger partial charge in [-0.15, -0.1) is 11.3 Å². The summed E-state index contributed by atoms with van der Waals surface area (Å²) in [6, 6.07) is 16.2. The van der Waals surface area contributed by atoms with Crippen molar-refractivity contribution in [2.24, 2.45) is 0 Å². The SMILES string of the molecule is O=C1C(Nc2ccc(F)cc2)=C(c2cccs2)C(=O)N1c1ccc(Br)cc1. The van der Waals surface area contributed by atoms with E-state index in [0.717, 1.165) is 9.37 Å². The Bertz CT molecular complexity index is 1040. The van der Waals surface area contributed by atoms with Gasteiger partial charge in [-0.05, 0) is 60.0 Å². The molecule has 0 bridgehead atoms. The number of nitrogens with one attached hydrogen (secondary N) is 1. The average Bonchev–Trinajstić information content (AvgIpc) is 3.26. The number of thiophene rings is 1. The van der Waals surface area contributed by atoms with Crippen molar-refractivity contribution in [1.82, 2.24) is 0 Å². The molecule has 27 heavy (non-hydrogen) atoms. The van der Waals surface area contributed by atoms with E-state index in [1.54, 1.807) is 30.3 Å². The number of anilines is 2. The van der Waals surface area contributed by atoms with Crippen molar-refractivity contribution in [2.45, 2.75) is 0 Å². The van der Waals surface area contributed by atoms with E-state index >= 15 is 0 Å². The number of rotatable bonds is 4. The Hall–Kier alpha value is -2.77. The van der Waals surface area contributed by atoms with Gasteiger partial charge in [0.2, 0.25) is 0 Å². The van der Waals surface area contributed by atoms with Gasteiger partial charge >= 0.3 is 0 Å². The van der Waals surface area contributed by atoms with Crippen molar-refractivity contribution >= 4 is 56.0 Å². The van der Waals surface area contributed by atoms with E-state index in [9.17, 15) is 14.0 Å². The van der Waals surface area contributed by atoms with E-state index in [-0.39, 0.29) is 11.5 Å². The molecule has 0 aliphatic carbocycles. The van der Waals surface area contributed by atoms with Crippen LogP contribution in [-0.4, -0.2) is 11.8 Å². The smallest absolute Gasteiger partial charge is 0.282 e. The highest BCUT2D eigenvalue weighted by atomic mass is 79.9. The highest BCUT2D eigenvalue weighted by molar-refractivity contribution is 9.10. The molecular weight excluding hydrogens is 431 g/mol. The highest BCUT2D eigenvalue weighted by Crippen LogP contribution is 2.35. The zero-order valence-corrected chi connectivity index (χ0v) is 16.2. The molecule has 134 valence electrons. The van der Waals surface area contributed by atoms with Gasteiger partial charge in [0.05, 0.1) is 11.3 Å². The molecule has 1 aromatic heterocycles. The third-order valence-corrected chi connectivity index (χ3v) is 5.47. The summed E-state index contributed by atoms with van der Waals surface area (Å²) in [5.41, 5.74) is 1.50. The number of carbonyl (C=O) groups is 2. The van der Waals surface area contributed by atoms with Crippen LogP contribution < -0.4 is 10.2 Å². The second-order valence-electron chi connectivity index (χ2n) is 5.78. The molecule has 0 atom stereocenters. The van der Waals surface area contributed by atoms with Crippen LogP contribution in [-0.2, 0) is 9.59 Å². The Labute approximate surface area is 167 Å². The van der Waals surface area contributed by atoms with Gasteiger partial charge in [-0.3, -0.25) is 9.59 Å². The summed E-state index contributed by atoms with van der Waals surface area (Å²) in [5, 5.41) is 4.84. The number of hydrogen-bond donors (Lipinski definition) is 1. The molecule has 1 aliphatic rings. The highest BCUT2D eigenvalue weighted by Gasteiger charge is 2.40. The molecule has 2 amide bonds.